The Hall–Kier alpha value is -3.47. The highest BCUT2D eigenvalue weighted by molar-refractivity contribution is 6.01. The van der Waals surface area contributed by atoms with E-state index in [-0.39, 0.29) is 25.4 Å². The van der Waals surface area contributed by atoms with E-state index in [0.717, 1.165) is 16.3 Å². The summed E-state index contributed by atoms with van der Waals surface area (Å²) >= 11 is 0. The molecule has 5 heteroatoms. The highest BCUT2D eigenvalue weighted by Gasteiger charge is 2.40. The monoisotopic (exact) mass is 418 g/mol. The Labute approximate surface area is 182 Å². The van der Waals surface area contributed by atoms with Crippen LogP contribution in [0.3, 0.4) is 0 Å². The molecule has 0 saturated heterocycles. The molecule has 0 aliphatic rings. The van der Waals surface area contributed by atoms with E-state index >= 15 is 0 Å². The van der Waals surface area contributed by atoms with E-state index in [2.05, 4.69) is 0 Å². The zero-order valence-corrected chi connectivity index (χ0v) is 17.7. The molecule has 1 atom stereocenters. The van der Waals surface area contributed by atoms with Crippen LogP contribution in [0, 0.1) is 5.92 Å². The van der Waals surface area contributed by atoms with Crippen LogP contribution < -0.4 is 0 Å². The summed E-state index contributed by atoms with van der Waals surface area (Å²) in [6.45, 7) is 3.62. The molecule has 3 rings (SSSR count). The topological polar surface area (TPSA) is 69.7 Å². The molecule has 0 aliphatic heterocycles. The lowest BCUT2D eigenvalue weighted by Gasteiger charge is -2.25. The largest absolute Gasteiger partial charge is 0.465 e. The van der Waals surface area contributed by atoms with Crippen LogP contribution in [0.1, 0.15) is 42.1 Å². The summed E-state index contributed by atoms with van der Waals surface area (Å²) in [5, 5.41) is 1.85. The van der Waals surface area contributed by atoms with E-state index in [0.29, 0.717) is 5.56 Å². The number of rotatable bonds is 9. The van der Waals surface area contributed by atoms with Crippen LogP contribution in [-0.4, -0.2) is 30.9 Å². The maximum atomic E-state index is 13.1. The van der Waals surface area contributed by atoms with Crippen molar-refractivity contribution in [3.8, 4) is 0 Å². The summed E-state index contributed by atoms with van der Waals surface area (Å²) < 4.78 is 10.4. The fraction of sp³-hybridized carbons (Fsp3) is 0.269. The van der Waals surface area contributed by atoms with Gasteiger partial charge in [0.15, 0.2) is 11.7 Å². The molecule has 160 valence electrons. The van der Waals surface area contributed by atoms with Gasteiger partial charge < -0.3 is 9.47 Å². The minimum atomic E-state index is -1.24. The third kappa shape index (κ3) is 5.18. The molecule has 0 N–H and O–H groups in total. The molecule has 0 fully saturated rings. The molecule has 3 aromatic rings. The summed E-state index contributed by atoms with van der Waals surface area (Å²) in [5.41, 5.74) is 1.27. The van der Waals surface area contributed by atoms with Crippen molar-refractivity contribution < 1.29 is 23.9 Å². The maximum Gasteiger partial charge on any atom is 0.320 e. The highest BCUT2D eigenvalue weighted by Crippen LogP contribution is 2.36. The highest BCUT2D eigenvalue weighted by atomic mass is 16.6. The van der Waals surface area contributed by atoms with E-state index < -0.39 is 23.8 Å². The molecular weight excluding hydrogens is 392 g/mol. The standard InChI is InChI=1S/C26H26O5/c1-3-30-25(28)24(26(29)31-4-2)22(17-23(27)19-12-6-5-7-13-19)21-16-10-14-18-11-8-9-15-20(18)21/h5-16,22,24H,3-4,17H2,1-2H3. The number of hydrogen-bond acceptors (Lipinski definition) is 5. The van der Waals surface area contributed by atoms with Crippen LogP contribution in [0.15, 0.2) is 72.8 Å². The smallest absolute Gasteiger partial charge is 0.320 e. The van der Waals surface area contributed by atoms with Gasteiger partial charge in [-0.2, -0.15) is 0 Å². The molecular formula is C26H26O5. The van der Waals surface area contributed by atoms with Gasteiger partial charge in [0.1, 0.15) is 0 Å². The Balaban J connectivity index is 2.12. The van der Waals surface area contributed by atoms with E-state index in [1.54, 1.807) is 38.1 Å². The van der Waals surface area contributed by atoms with Gasteiger partial charge in [0, 0.05) is 17.9 Å². The molecule has 0 heterocycles. The Morgan fingerprint density at radius 2 is 1.32 bits per heavy atom. The average molecular weight is 418 g/mol. The number of ketones is 1. The Morgan fingerprint density at radius 1 is 0.742 bits per heavy atom. The molecule has 0 aliphatic carbocycles. The van der Waals surface area contributed by atoms with Crippen LogP contribution in [0.4, 0.5) is 0 Å². The van der Waals surface area contributed by atoms with Gasteiger partial charge in [0.2, 0.25) is 0 Å². The Morgan fingerprint density at radius 3 is 1.97 bits per heavy atom. The van der Waals surface area contributed by atoms with Gasteiger partial charge in [0.25, 0.3) is 0 Å². The quantitative estimate of drug-likeness (QED) is 0.280. The number of fused-ring (bicyclic) bond motifs is 1. The van der Waals surface area contributed by atoms with E-state index in [9.17, 15) is 14.4 Å². The van der Waals surface area contributed by atoms with Crippen molar-refractivity contribution in [3.05, 3.63) is 83.9 Å². The molecule has 5 nitrogen and oxygen atoms in total. The van der Waals surface area contributed by atoms with Crippen LogP contribution in [0.2, 0.25) is 0 Å². The molecule has 31 heavy (non-hydrogen) atoms. The van der Waals surface area contributed by atoms with Crippen molar-refractivity contribution in [1.82, 2.24) is 0 Å². The van der Waals surface area contributed by atoms with Crippen LogP contribution in [0.25, 0.3) is 10.8 Å². The van der Waals surface area contributed by atoms with Gasteiger partial charge in [-0.3, -0.25) is 14.4 Å². The van der Waals surface area contributed by atoms with Crippen LogP contribution in [-0.2, 0) is 19.1 Å². The molecule has 1 unspecified atom stereocenters. The van der Waals surface area contributed by atoms with Crippen molar-refractivity contribution in [2.75, 3.05) is 13.2 Å². The molecule has 0 radical (unpaired) electrons. The summed E-state index contributed by atoms with van der Waals surface area (Å²) in [6.07, 6.45) is -0.0275. The second-order valence-electron chi connectivity index (χ2n) is 7.15. The Bertz CT molecular complexity index is 1030. The number of ether oxygens (including phenoxy) is 2. The fourth-order valence-corrected chi connectivity index (χ4v) is 3.81. The third-order valence-corrected chi connectivity index (χ3v) is 5.21. The van der Waals surface area contributed by atoms with Gasteiger partial charge in [0.05, 0.1) is 13.2 Å². The Kier molecular flexibility index (Phi) is 7.55. The molecule has 0 spiro atoms. The first kappa shape index (κ1) is 22.2. The first-order valence-electron chi connectivity index (χ1n) is 10.5. The first-order chi connectivity index (χ1) is 15.1. The summed E-state index contributed by atoms with van der Waals surface area (Å²) in [5.74, 6) is -3.48. The van der Waals surface area contributed by atoms with Crippen molar-refractivity contribution >= 4 is 28.5 Å². The first-order valence-corrected chi connectivity index (χ1v) is 10.5. The van der Waals surface area contributed by atoms with Crippen LogP contribution >= 0.6 is 0 Å². The minimum absolute atomic E-state index is 0.0275. The normalized spacial score (nSPS) is 11.8. The SMILES string of the molecule is CCOC(=O)C(C(=O)OCC)C(CC(=O)c1ccccc1)c1cccc2ccccc12. The number of esters is 2. The average Bonchev–Trinajstić information content (AvgIpc) is 2.79. The second-order valence-corrected chi connectivity index (χ2v) is 7.15. The van der Waals surface area contributed by atoms with E-state index in [1.807, 2.05) is 48.5 Å². The summed E-state index contributed by atoms with van der Waals surface area (Å²) in [7, 11) is 0. The summed E-state index contributed by atoms with van der Waals surface area (Å²) in [6, 6.07) is 22.2. The minimum Gasteiger partial charge on any atom is -0.465 e. The predicted octanol–water partition coefficient (Wildman–Crippen LogP) is 4.94. The van der Waals surface area contributed by atoms with Crippen molar-refractivity contribution in [3.63, 3.8) is 0 Å². The fourth-order valence-electron chi connectivity index (χ4n) is 3.81. The van der Waals surface area contributed by atoms with Crippen LogP contribution in [0.5, 0.6) is 0 Å². The number of Topliss-reactive ketones (excluding diaryl/α,β-unsaturated/α-hetero) is 1. The van der Waals surface area contributed by atoms with E-state index in [1.165, 1.54) is 0 Å². The third-order valence-electron chi connectivity index (χ3n) is 5.21. The number of benzene rings is 3. The number of carbonyl (C=O) groups is 3. The van der Waals surface area contributed by atoms with Crippen molar-refractivity contribution in [2.24, 2.45) is 5.92 Å². The zero-order valence-electron chi connectivity index (χ0n) is 17.7. The number of carbonyl (C=O) groups excluding carboxylic acids is 3. The van der Waals surface area contributed by atoms with Gasteiger partial charge in [-0.1, -0.05) is 72.8 Å². The molecule has 0 amide bonds. The molecule has 0 saturated carbocycles. The van der Waals surface area contributed by atoms with Gasteiger partial charge in [-0.15, -0.1) is 0 Å². The summed E-state index contributed by atoms with van der Waals surface area (Å²) in [4.78, 5) is 38.9. The molecule has 3 aromatic carbocycles. The van der Waals surface area contributed by atoms with Crippen molar-refractivity contribution in [2.45, 2.75) is 26.2 Å². The lowest BCUT2D eigenvalue weighted by molar-refractivity contribution is -0.162. The predicted molar refractivity (Wildman–Crippen MR) is 119 cm³/mol. The van der Waals surface area contributed by atoms with Gasteiger partial charge in [-0.05, 0) is 30.2 Å². The molecule has 0 aromatic heterocycles. The van der Waals surface area contributed by atoms with E-state index in [4.69, 9.17) is 9.47 Å². The lowest BCUT2D eigenvalue weighted by atomic mass is 9.79. The molecule has 0 bridgehead atoms. The second kappa shape index (κ2) is 10.5. The van der Waals surface area contributed by atoms with Gasteiger partial charge in [-0.25, -0.2) is 0 Å². The lowest BCUT2D eigenvalue weighted by Crippen LogP contribution is -2.34. The maximum absolute atomic E-state index is 13.1. The zero-order chi connectivity index (χ0) is 22.2. The van der Waals surface area contributed by atoms with Crippen molar-refractivity contribution in [1.29, 1.82) is 0 Å². The van der Waals surface area contributed by atoms with Gasteiger partial charge >= 0.3 is 11.9 Å². The number of hydrogen-bond donors (Lipinski definition) is 0.